The number of hydrogen-bond acceptors (Lipinski definition) is 3. The molecule has 2 heterocycles. The van der Waals surface area contributed by atoms with Crippen LogP contribution in [0.15, 0.2) is 41.1 Å². The fourth-order valence-corrected chi connectivity index (χ4v) is 2.98. The summed E-state index contributed by atoms with van der Waals surface area (Å²) in [4.78, 5) is 2.48. The zero-order chi connectivity index (χ0) is 13.1. The van der Waals surface area contributed by atoms with Crippen LogP contribution in [0.2, 0.25) is 0 Å². The van der Waals surface area contributed by atoms with Crippen LogP contribution in [0, 0.1) is 0 Å². The summed E-state index contributed by atoms with van der Waals surface area (Å²) in [5.41, 5.74) is 2.42. The van der Waals surface area contributed by atoms with Crippen molar-refractivity contribution in [3.8, 4) is 5.69 Å². The van der Waals surface area contributed by atoms with E-state index in [1.807, 2.05) is 16.9 Å². The molecule has 0 radical (unpaired) electrons. The average molecular weight is 321 g/mol. The molecule has 1 aromatic heterocycles. The second kappa shape index (κ2) is 5.86. The molecule has 1 aromatic carbocycles. The van der Waals surface area contributed by atoms with Gasteiger partial charge in [-0.2, -0.15) is 5.10 Å². The normalized spacial score (nSPS) is 16.7. The summed E-state index contributed by atoms with van der Waals surface area (Å²) in [6.07, 6.45) is 3.75. The predicted molar refractivity (Wildman–Crippen MR) is 79.4 cm³/mol. The maximum Gasteiger partial charge on any atom is 0.0787 e. The van der Waals surface area contributed by atoms with E-state index in [1.165, 1.54) is 5.56 Å². The second-order valence-electron chi connectivity index (χ2n) is 4.76. The summed E-state index contributed by atoms with van der Waals surface area (Å²) >= 11 is 3.64. The van der Waals surface area contributed by atoms with Gasteiger partial charge in [0.2, 0.25) is 0 Å². The lowest BCUT2D eigenvalue weighted by molar-refractivity contribution is 0.233. The Morgan fingerprint density at radius 3 is 2.79 bits per heavy atom. The Labute approximate surface area is 121 Å². The number of nitrogens with zero attached hydrogens (tertiary/aromatic N) is 3. The van der Waals surface area contributed by atoms with Crippen LogP contribution in [0.3, 0.4) is 0 Å². The Morgan fingerprint density at radius 2 is 2.11 bits per heavy atom. The zero-order valence-corrected chi connectivity index (χ0v) is 12.3. The minimum atomic E-state index is 1.01. The standard InChI is InChI=1S/C14H17BrN4/c15-13-10-12(11-18-8-5-16-6-9-18)2-3-14(13)19-7-1-4-17-19/h1-4,7,10,16H,5-6,8-9,11H2. The number of aromatic nitrogens is 2. The Kier molecular flexibility index (Phi) is 3.96. The Bertz CT molecular complexity index is 532. The van der Waals surface area contributed by atoms with E-state index >= 15 is 0 Å². The van der Waals surface area contributed by atoms with E-state index in [4.69, 9.17) is 0 Å². The van der Waals surface area contributed by atoms with Gasteiger partial charge in [-0.05, 0) is 39.7 Å². The van der Waals surface area contributed by atoms with Gasteiger partial charge in [-0.3, -0.25) is 4.90 Å². The second-order valence-corrected chi connectivity index (χ2v) is 5.62. The lowest BCUT2D eigenvalue weighted by Crippen LogP contribution is -2.42. The molecule has 0 spiro atoms. The van der Waals surface area contributed by atoms with Gasteiger partial charge in [-0.1, -0.05) is 6.07 Å². The van der Waals surface area contributed by atoms with Crippen molar-refractivity contribution in [2.45, 2.75) is 6.54 Å². The molecule has 1 fully saturated rings. The SMILES string of the molecule is Brc1cc(CN2CCNCC2)ccc1-n1cccn1. The van der Waals surface area contributed by atoms with Gasteiger partial charge in [0.05, 0.1) is 5.69 Å². The molecular weight excluding hydrogens is 304 g/mol. The first kappa shape index (κ1) is 12.8. The Morgan fingerprint density at radius 1 is 1.26 bits per heavy atom. The van der Waals surface area contributed by atoms with E-state index in [-0.39, 0.29) is 0 Å². The van der Waals surface area contributed by atoms with Crippen LogP contribution in [0.1, 0.15) is 5.56 Å². The fourth-order valence-electron chi connectivity index (χ4n) is 2.37. The van der Waals surface area contributed by atoms with Crippen LogP contribution in [0.25, 0.3) is 5.69 Å². The zero-order valence-electron chi connectivity index (χ0n) is 10.7. The first-order valence-corrected chi connectivity index (χ1v) is 7.34. The summed E-state index contributed by atoms with van der Waals surface area (Å²) in [7, 11) is 0. The van der Waals surface area contributed by atoms with Gasteiger partial charge in [0.15, 0.2) is 0 Å². The van der Waals surface area contributed by atoms with Gasteiger partial charge in [-0.25, -0.2) is 4.68 Å². The Balaban J connectivity index is 1.75. The van der Waals surface area contributed by atoms with Crippen LogP contribution in [0.5, 0.6) is 0 Å². The quantitative estimate of drug-likeness (QED) is 0.939. The van der Waals surface area contributed by atoms with Crippen molar-refractivity contribution in [1.82, 2.24) is 20.0 Å². The van der Waals surface area contributed by atoms with Gasteiger partial charge in [0, 0.05) is 49.6 Å². The molecule has 1 aliphatic heterocycles. The first-order chi connectivity index (χ1) is 9.33. The van der Waals surface area contributed by atoms with Gasteiger partial charge < -0.3 is 5.32 Å². The van der Waals surface area contributed by atoms with Crippen LogP contribution in [0.4, 0.5) is 0 Å². The van der Waals surface area contributed by atoms with Gasteiger partial charge >= 0.3 is 0 Å². The van der Waals surface area contributed by atoms with Crippen molar-refractivity contribution < 1.29 is 0 Å². The molecule has 4 nitrogen and oxygen atoms in total. The largest absolute Gasteiger partial charge is 0.314 e. The van der Waals surface area contributed by atoms with Crippen molar-refractivity contribution in [3.63, 3.8) is 0 Å². The molecule has 0 unspecified atom stereocenters. The molecule has 100 valence electrons. The summed E-state index contributed by atoms with van der Waals surface area (Å²) in [6.45, 7) is 5.44. The number of benzene rings is 1. The van der Waals surface area contributed by atoms with E-state index in [9.17, 15) is 0 Å². The highest BCUT2D eigenvalue weighted by atomic mass is 79.9. The minimum Gasteiger partial charge on any atom is -0.314 e. The molecule has 1 N–H and O–H groups in total. The van der Waals surface area contributed by atoms with E-state index in [2.05, 4.69) is 49.4 Å². The number of halogens is 1. The van der Waals surface area contributed by atoms with Crippen molar-refractivity contribution in [2.75, 3.05) is 26.2 Å². The average Bonchev–Trinajstić information content (AvgIpc) is 2.94. The minimum absolute atomic E-state index is 1.01. The molecule has 1 aliphatic rings. The topological polar surface area (TPSA) is 33.1 Å². The van der Waals surface area contributed by atoms with E-state index in [0.29, 0.717) is 0 Å². The van der Waals surface area contributed by atoms with Crippen molar-refractivity contribution in [3.05, 3.63) is 46.7 Å². The van der Waals surface area contributed by atoms with Crippen LogP contribution in [-0.2, 0) is 6.54 Å². The lowest BCUT2D eigenvalue weighted by Gasteiger charge is -2.27. The summed E-state index contributed by atoms with van der Waals surface area (Å²) in [5.74, 6) is 0. The molecule has 3 rings (SSSR count). The van der Waals surface area contributed by atoms with Gasteiger partial charge in [-0.15, -0.1) is 0 Å². The molecule has 5 heteroatoms. The highest BCUT2D eigenvalue weighted by Crippen LogP contribution is 2.22. The monoisotopic (exact) mass is 320 g/mol. The van der Waals surface area contributed by atoms with Crippen LogP contribution >= 0.6 is 15.9 Å². The first-order valence-electron chi connectivity index (χ1n) is 6.54. The summed E-state index contributed by atoms with van der Waals surface area (Å²) < 4.78 is 2.96. The maximum atomic E-state index is 4.26. The molecule has 0 aliphatic carbocycles. The predicted octanol–water partition coefficient (Wildman–Crippen LogP) is 2.04. The molecule has 1 saturated heterocycles. The summed E-state index contributed by atoms with van der Waals surface area (Å²) in [6, 6.07) is 8.43. The molecule has 0 saturated carbocycles. The van der Waals surface area contributed by atoms with E-state index in [0.717, 1.165) is 42.9 Å². The van der Waals surface area contributed by atoms with E-state index in [1.54, 1.807) is 6.20 Å². The highest BCUT2D eigenvalue weighted by Gasteiger charge is 2.11. The van der Waals surface area contributed by atoms with E-state index < -0.39 is 0 Å². The number of piperazine rings is 1. The van der Waals surface area contributed by atoms with Crippen molar-refractivity contribution in [2.24, 2.45) is 0 Å². The van der Waals surface area contributed by atoms with Crippen LogP contribution < -0.4 is 5.32 Å². The Hall–Kier alpha value is -1.17. The lowest BCUT2D eigenvalue weighted by atomic mass is 10.2. The third-order valence-electron chi connectivity index (χ3n) is 3.38. The molecule has 2 aromatic rings. The van der Waals surface area contributed by atoms with Gasteiger partial charge in [0.1, 0.15) is 0 Å². The molecule has 0 amide bonds. The third-order valence-corrected chi connectivity index (χ3v) is 4.01. The summed E-state index contributed by atoms with van der Waals surface area (Å²) in [5, 5.41) is 7.64. The molecular formula is C14H17BrN4. The fraction of sp³-hybridized carbons (Fsp3) is 0.357. The maximum absolute atomic E-state index is 4.26. The molecule has 0 bridgehead atoms. The van der Waals surface area contributed by atoms with Crippen LogP contribution in [-0.4, -0.2) is 40.9 Å². The number of hydrogen-bond donors (Lipinski definition) is 1. The van der Waals surface area contributed by atoms with Crippen molar-refractivity contribution in [1.29, 1.82) is 0 Å². The third kappa shape index (κ3) is 3.05. The molecule has 19 heavy (non-hydrogen) atoms. The molecule has 0 atom stereocenters. The highest BCUT2D eigenvalue weighted by molar-refractivity contribution is 9.10. The number of rotatable bonds is 3. The van der Waals surface area contributed by atoms with Gasteiger partial charge in [0.25, 0.3) is 0 Å². The van der Waals surface area contributed by atoms with Crippen molar-refractivity contribution >= 4 is 15.9 Å². The smallest absolute Gasteiger partial charge is 0.0787 e. The number of nitrogens with one attached hydrogen (secondary N) is 1.